The molecule has 4 rings (SSSR count). The minimum absolute atomic E-state index is 0. The Morgan fingerprint density at radius 3 is 2.73 bits per heavy atom. The van der Waals surface area contributed by atoms with Gasteiger partial charge in [-0.25, -0.2) is 9.97 Å². The first-order valence-electron chi connectivity index (χ1n) is 10.2. The first-order chi connectivity index (χ1) is 14.3. The summed E-state index contributed by atoms with van der Waals surface area (Å²) in [5.74, 6) is 1.92. The highest BCUT2D eigenvalue weighted by Crippen LogP contribution is 2.19. The second-order valence-corrected chi connectivity index (χ2v) is 7.81. The third-order valence-corrected chi connectivity index (χ3v) is 6.04. The molecule has 3 aromatic rings. The molecule has 1 aliphatic rings. The van der Waals surface area contributed by atoms with E-state index in [9.17, 15) is 0 Å². The van der Waals surface area contributed by atoms with Crippen molar-refractivity contribution < 1.29 is 0 Å². The zero-order valence-corrected chi connectivity index (χ0v) is 20.6. The van der Waals surface area contributed by atoms with Gasteiger partial charge in [-0.3, -0.25) is 4.99 Å². The summed E-state index contributed by atoms with van der Waals surface area (Å²) in [7, 11) is 1.86. The summed E-state index contributed by atoms with van der Waals surface area (Å²) in [4.78, 5) is 18.2. The number of imidazole rings is 1. The predicted octanol–water partition coefficient (Wildman–Crippen LogP) is 2.86. The molecule has 0 saturated carbocycles. The van der Waals surface area contributed by atoms with Crippen LogP contribution >= 0.6 is 35.5 Å². The van der Waals surface area contributed by atoms with E-state index in [2.05, 4.69) is 64.1 Å². The van der Waals surface area contributed by atoms with Crippen LogP contribution in [0.3, 0.4) is 0 Å². The molecule has 1 saturated heterocycles. The van der Waals surface area contributed by atoms with Crippen molar-refractivity contribution in [3.8, 4) is 0 Å². The molecule has 0 spiro atoms. The number of fused-ring (bicyclic) bond motifs is 1. The minimum Gasteiger partial charge on any atom is -0.356 e. The Kier molecular flexibility index (Phi) is 8.25. The normalized spacial score (nSPS) is 14.8. The van der Waals surface area contributed by atoms with E-state index < -0.39 is 0 Å². The predicted molar refractivity (Wildman–Crippen MR) is 134 cm³/mol. The summed E-state index contributed by atoms with van der Waals surface area (Å²) in [6.45, 7) is 7.68. The summed E-state index contributed by atoms with van der Waals surface area (Å²) in [5.41, 5.74) is 2.24. The molecule has 8 nitrogen and oxygen atoms in total. The van der Waals surface area contributed by atoms with Gasteiger partial charge in [-0.15, -0.1) is 24.0 Å². The standard InChI is InChI=1S/C20H28N8S.HI/c1-3-18-24-20(29-25-18)27-13-11-26(12-14-27)19(21-2)22-9-6-10-28-15-23-16-7-4-5-8-17(16)28;/h4-5,7-8,15H,3,6,9-14H2,1-2H3,(H,21,22);1H. The van der Waals surface area contributed by atoms with Crippen LogP contribution in [0.2, 0.25) is 0 Å². The number of nitrogens with zero attached hydrogens (tertiary/aromatic N) is 7. The minimum atomic E-state index is 0. The number of aryl methyl sites for hydroxylation is 2. The number of rotatable bonds is 6. The molecule has 0 amide bonds. The fourth-order valence-corrected chi connectivity index (χ4v) is 4.40. The number of halogens is 1. The zero-order valence-electron chi connectivity index (χ0n) is 17.5. The molecule has 0 bridgehead atoms. The zero-order chi connectivity index (χ0) is 20.1. The summed E-state index contributed by atoms with van der Waals surface area (Å²) in [6, 6.07) is 8.26. The van der Waals surface area contributed by atoms with Gasteiger partial charge in [0.15, 0.2) is 5.96 Å². The van der Waals surface area contributed by atoms with E-state index in [0.29, 0.717) is 0 Å². The molecular formula is C20H29IN8S. The van der Waals surface area contributed by atoms with E-state index in [-0.39, 0.29) is 24.0 Å². The lowest BCUT2D eigenvalue weighted by molar-refractivity contribution is 0.372. The van der Waals surface area contributed by atoms with Gasteiger partial charge >= 0.3 is 0 Å². The van der Waals surface area contributed by atoms with Gasteiger partial charge < -0.3 is 19.7 Å². The molecule has 1 N–H and O–H groups in total. The lowest BCUT2D eigenvalue weighted by Gasteiger charge is -2.36. The van der Waals surface area contributed by atoms with E-state index >= 15 is 0 Å². The van der Waals surface area contributed by atoms with Gasteiger partial charge in [0, 0.05) is 64.3 Å². The molecular weight excluding hydrogens is 511 g/mol. The number of benzene rings is 1. The topological polar surface area (TPSA) is 74.5 Å². The highest BCUT2D eigenvalue weighted by Gasteiger charge is 2.21. The summed E-state index contributed by atoms with van der Waals surface area (Å²) in [5, 5.41) is 4.55. The third-order valence-electron chi connectivity index (χ3n) is 5.22. The average Bonchev–Trinajstić information content (AvgIpc) is 3.41. The quantitative estimate of drug-likeness (QED) is 0.225. The molecule has 1 aromatic carbocycles. The molecule has 30 heavy (non-hydrogen) atoms. The van der Waals surface area contributed by atoms with E-state index in [4.69, 9.17) is 0 Å². The highest BCUT2D eigenvalue weighted by molar-refractivity contribution is 14.0. The van der Waals surface area contributed by atoms with Crippen molar-refractivity contribution >= 4 is 57.6 Å². The molecule has 0 radical (unpaired) electrons. The van der Waals surface area contributed by atoms with Gasteiger partial charge in [0.1, 0.15) is 5.82 Å². The van der Waals surface area contributed by atoms with E-state index in [1.165, 1.54) is 17.0 Å². The number of guanidine groups is 1. The van der Waals surface area contributed by atoms with Crippen molar-refractivity contribution in [3.05, 3.63) is 36.4 Å². The van der Waals surface area contributed by atoms with Crippen LogP contribution in [0, 0.1) is 0 Å². The Hall–Kier alpha value is -1.95. The maximum Gasteiger partial charge on any atom is 0.205 e. The van der Waals surface area contributed by atoms with Crippen molar-refractivity contribution in [2.75, 3.05) is 44.7 Å². The second kappa shape index (κ2) is 10.9. The Bertz CT molecular complexity index is 961. The first kappa shape index (κ1) is 22.7. The molecule has 2 aromatic heterocycles. The maximum absolute atomic E-state index is 4.61. The largest absolute Gasteiger partial charge is 0.356 e. The molecule has 1 aliphatic heterocycles. The first-order valence-corrected chi connectivity index (χ1v) is 11.0. The highest BCUT2D eigenvalue weighted by atomic mass is 127. The van der Waals surface area contributed by atoms with E-state index in [0.717, 1.165) is 74.5 Å². The SMILES string of the molecule is CCc1nsc(N2CCN(C(=NC)NCCCn3cnc4ccccc43)CC2)n1.I. The Morgan fingerprint density at radius 2 is 2.00 bits per heavy atom. The lowest BCUT2D eigenvalue weighted by Crippen LogP contribution is -2.52. The van der Waals surface area contributed by atoms with Gasteiger partial charge in [-0.05, 0) is 18.6 Å². The van der Waals surface area contributed by atoms with Gasteiger partial charge in [0.2, 0.25) is 5.13 Å². The van der Waals surface area contributed by atoms with Crippen molar-refractivity contribution in [3.63, 3.8) is 0 Å². The summed E-state index contributed by atoms with van der Waals surface area (Å²) < 4.78 is 6.62. The number of aromatic nitrogens is 4. The van der Waals surface area contributed by atoms with Crippen molar-refractivity contribution in [1.29, 1.82) is 0 Å². The fraction of sp³-hybridized carbons (Fsp3) is 0.500. The van der Waals surface area contributed by atoms with Crippen LogP contribution < -0.4 is 10.2 Å². The third kappa shape index (κ3) is 5.20. The van der Waals surface area contributed by atoms with Crippen molar-refractivity contribution in [2.24, 2.45) is 4.99 Å². The van der Waals surface area contributed by atoms with Crippen LogP contribution in [0.4, 0.5) is 5.13 Å². The Labute approximate surface area is 198 Å². The molecule has 162 valence electrons. The fourth-order valence-electron chi connectivity index (χ4n) is 3.60. The van der Waals surface area contributed by atoms with Gasteiger partial charge in [-0.1, -0.05) is 19.1 Å². The maximum atomic E-state index is 4.61. The Morgan fingerprint density at radius 1 is 1.20 bits per heavy atom. The monoisotopic (exact) mass is 540 g/mol. The molecule has 10 heteroatoms. The van der Waals surface area contributed by atoms with Crippen LogP contribution in [0.1, 0.15) is 19.2 Å². The number of piperazine rings is 1. The number of para-hydroxylation sites is 2. The molecule has 1 fully saturated rings. The van der Waals surface area contributed by atoms with Crippen LogP contribution in [-0.4, -0.2) is 69.5 Å². The van der Waals surface area contributed by atoms with Gasteiger partial charge in [0.25, 0.3) is 0 Å². The van der Waals surface area contributed by atoms with E-state index in [1.807, 2.05) is 19.4 Å². The van der Waals surface area contributed by atoms with Crippen LogP contribution in [0.15, 0.2) is 35.6 Å². The average molecular weight is 540 g/mol. The number of nitrogens with one attached hydrogen (secondary N) is 1. The van der Waals surface area contributed by atoms with Crippen LogP contribution in [-0.2, 0) is 13.0 Å². The number of anilines is 1. The van der Waals surface area contributed by atoms with Gasteiger partial charge in [-0.2, -0.15) is 4.37 Å². The lowest BCUT2D eigenvalue weighted by atomic mass is 10.3. The molecule has 0 unspecified atom stereocenters. The van der Waals surface area contributed by atoms with E-state index in [1.54, 1.807) is 0 Å². The molecule has 0 aliphatic carbocycles. The Balaban J connectivity index is 0.00000256. The molecule has 0 atom stereocenters. The summed E-state index contributed by atoms with van der Waals surface area (Å²) >= 11 is 1.51. The van der Waals surface area contributed by atoms with Crippen LogP contribution in [0.5, 0.6) is 0 Å². The molecule has 3 heterocycles. The van der Waals surface area contributed by atoms with Gasteiger partial charge in [0.05, 0.1) is 17.4 Å². The van der Waals surface area contributed by atoms with Crippen molar-refractivity contribution in [1.82, 2.24) is 29.1 Å². The number of hydrogen-bond donors (Lipinski definition) is 1. The second-order valence-electron chi connectivity index (χ2n) is 7.08. The number of aliphatic imine (C=N–C) groups is 1. The number of hydrogen-bond acceptors (Lipinski definition) is 6. The summed E-state index contributed by atoms with van der Waals surface area (Å²) in [6.07, 6.45) is 3.84. The van der Waals surface area contributed by atoms with Crippen molar-refractivity contribution in [2.45, 2.75) is 26.3 Å². The van der Waals surface area contributed by atoms with Crippen LogP contribution in [0.25, 0.3) is 11.0 Å². The smallest absolute Gasteiger partial charge is 0.205 e.